The lowest BCUT2D eigenvalue weighted by molar-refractivity contribution is -0.923. The van der Waals surface area contributed by atoms with Gasteiger partial charge in [-0.25, -0.2) is 0 Å². The van der Waals surface area contributed by atoms with Gasteiger partial charge in [-0.05, 0) is 44.4 Å². The van der Waals surface area contributed by atoms with Gasteiger partial charge in [0.1, 0.15) is 6.54 Å². The van der Waals surface area contributed by atoms with E-state index in [1.54, 1.807) is 0 Å². The third kappa shape index (κ3) is 3.69. The molecule has 0 fully saturated rings. The Morgan fingerprint density at radius 3 is 2.67 bits per heavy atom. The third-order valence-electron chi connectivity index (χ3n) is 5.08. The molecule has 1 heterocycles. The molecule has 1 aliphatic rings. The molecule has 0 bridgehead atoms. The molecule has 0 aromatic heterocycles. The van der Waals surface area contributed by atoms with E-state index in [9.17, 15) is 5.11 Å². The Kier molecular flexibility index (Phi) is 5.48. The number of aryl methyl sites for hydroxylation is 1. The molecular formula is C17H30N3O+. The summed E-state index contributed by atoms with van der Waals surface area (Å²) in [6.45, 7) is 11.0. The Bertz CT molecular complexity index is 457. The highest BCUT2D eigenvalue weighted by Crippen LogP contribution is 2.29. The normalized spacial score (nSPS) is 15.1. The Balaban J connectivity index is 2.09. The first-order chi connectivity index (χ1) is 10.1. The van der Waals surface area contributed by atoms with Crippen LogP contribution < -0.4 is 10.6 Å². The summed E-state index contributed by atoms with van der Waals surface area (Å²) in [4.78, 5) is 2.48. The molecule has 2 rings (SSSR count). The summed E-state index contributed by atoms with van der Waals surface area (Å²) >= 11 is 0. The van der Waals surface area contributed by atoms with E-state index in [0.29, 0.717) is 0 Å². The van der Waals surface area contributed by atoms with Crippen LogP contribution in [0.4, 0.5) is 11.4 Å². The van der Waals surface area contributed by atoms with Gasteiger partial charge in [-0.2, -0.15) is 0 Å². The molecule has 4 nitrogen and oxygen atoms in total. The van der Waals surface area contributed by atoms with Gasteiger partial charge in [-0.3, -0.25) is 0 Å². The molecule has 4 heteroatoms. The number of nitrogens with zero attached hydrogens (tertiary/aromatic N) is 2. The average molecular weight is 292 g/mol. The maximum Gasteiger partial charge on any atom is 0.102 e. The van der Waals surface area contributed by atoms with Crippen LogP contribution in [0.1, 0.15) is 25.8 Å². The summed E-state index contributed by atoms with van der Waals surface area (Å²) in [6, 6.07) is 6.30. The molecule has 3 N–H and O–H groups in total. The van der Waals surface area contributed by atoms with Gasteiger partial charge in [0.15, 0.2) is 0 Å². The Morgan fingerprint density at radius 1 is 1.24 bits per heavy atom. The number of likely N-dealkylation sites (N-methyl/N-ethyl adjacent to an activating group) is 1. The number of hydrogen-bond acceptors (Lipinski definition) is 3. The van der Waals surface area contributed by atoms with Crippen molar-refractivity contribution in [3.05, 3.63) is 23.8 Å². The zero-order valence-electron chi connectivity index (χ0n) is 13.5. The van der Waals surface area contributed by atoms with Crippen LogP contribution in [0, 0.1) is 0 Å². The fraction of sp³-hybridized carbons (Fsp3) is 0.647. The van der Waals surface area contributed by atoms with Crippen LogP contribution in [0.3, 0.4) is 0 Å². The van der Waals surface area contributed by atoms with Gasteiger partial charge >= 0.3 is 0 Å². The SMILES string of the molecule is CC[N+](CC)(CCO)CCN1CCCc2ccc(N)cc21. The van der Waals surface area contributed by atoms with Crippen molar-refractivity contribution in [1.29, 1.82) is 0 Å². The summed E-state index contributed by atoms with van der Waals surface area (Å²) in [6.07, 6.45) is 2.37. The van der Waals surface area contributed by atoms with Crippen molar-refractivity contribution in [2.24, 2.45) is 0 Å². The van der Waals surface area contributed by atoms with Crippen molar-refractivity contribution in [2.45, 2.75) is 26.7 Å². The van der Waals surface area contributed by atoms with Crippen molar-refractivity contribution in [2.75, 3.05) is 56.5 Å². The number of anilines is 2. The van der Waals surface area contributed by atoms with E-state index in [1.165, 1.54) is 17.7 Å². The number of aliphatic hydroxyl groups excluding tert-OH is 1. The first kappa shape index (κ1) is 16.1. The number of quaternary nitrogens is 1. The van der Waals surface area contributed by atoms with E-state index in [-0.39, 0.29) is 6.61 Å². The van der Waals surface area contributed by atoms with Gasteiger partial charge in [0.2, 0.25) is 0 Å². The molecule has 0 radical (unpaired) electrons. The van der Waals surface area contributed by atoms with Crippen molar-refractivity contribution in [3.63, 3.8) is 0 Å². The zero-order valence-corrected chi connectivity index (χ0v) is 13.5. The topological polar surface area (TPSA) is 49.5 Å². The largest absolute Gasteiger partial charge is 0.399 e. The minimum atomic E-state index is 0.269. The first-order valence-corrected chi connectivity index (χ1v) is 8.23. The lowest BCUT2D eigenvalue weighted by atomic mass is 10.0. The van der Waals surface area contributed by atoms with Crippen molar-refractivity contribution in [1.82, 2.24) is 0 Å². The number of nitrogens with two attached hydrogens (primary N) is 1. The monoisotopic (exact) mass is 292 g/mol. The predicted octanol–water partition coefficient (Wildman–Crippen LogP) is 1.87. The van der Waals surface area contributed by atoms with Crippen LogP contribution in [0.5, 0.6) is 0 Å². The second-order valence-electron chi connectivity index (χ2n) is 6.12. The predicted molar refractivity (Wildman–Crippen MR) is 89.6 cm³/mol. The Labute approximate surface area is 128 Å². The first-order valence-electron chi connectivity index (χ1n) is 8.23. The van der Waals surface area contributed by atoms with Crippen LogP contribution in [0.15, 0.2) is 18.2 Å². The molecule has 0 atom stereocenters. The molecule has 0 saturated carbocycles. The van der Waals surface area contributed by atoms with E-state index < -0.39 is 0 Å². The number of benzene rings is 1. The molecule has 21 heavy (non-hydrogen) atoms. The standard InChI is InChI=1S/C17H30N3O/c1-3-20(4-2,12-13-21)11-10-19-9-5-6-15-7-8-16(18)14-17(15)19/h7-8,14,21H,3-6,9-13,18H2,1-2H3/q+1. The number of nitrogen functional groups attached to an aromatic ring is 1. The van der Waals surface area contributed by atoms with E-state index in [4.69, 9.17) is 5.73 Å². The fourth-order valence-corrected chi connectivity index (χ4v) is 3.41. The van der Waals surface area contributed by atoms with Crippen molar-refractivity contribution >= 4 is 11.4 Å². The van der Waals surface area contributed by atoms with Crippen molar-refractivity contribution < 1.29 is 9.59 Å². The summed E-state index contributed by atoms with van der Waals surface area (Å²) in [5, 5.41) is 9.35. The molecule has 118 valence electrons. The molecule has 0 saturated heterocycles. The fourth-order valence-electron chi connectivity index (χ4n) is 3.41. The molecule has 0 spiro atoms. The molecule has 0 unspecified atom stereocenters. The third-order valence-corrected chi connectivity index (χ3v) is 5.08. The van der Waals surface area contributed by atoms with E-state index >= 15 is 0 Å². The number of rotatable bonds is 7. The maximum absolute atomic E-state index is 9.35. The van der Waals surface area contributed by atoms with Crippen molar-refractivity contribution in [3.8, 4) is 0 Å². The van der Waals surface area contributed by atoms with Gasteiger partial charge in [0, 0.05) is 17.9 Å². The lowest BCUT2D eigenvalue weighted by Crippen LogP contribution is -2.53. The van der Waals surface area contributed by atoms with Crippen LogP contribution in [-0.4, -0.2) is 55.5 Å². The summed E-state index contributed by atoms with van der Waals surface area (Å²) in [7, 11) is 0. The van der Waals surface area contributed by atoms with E-state index in [2.05, 4.69) is 30.9 Å². The van der Waals surface area contributed by atoms with E-state index in [0.717, 1.165) is 55.9 Å². The quantitative estimate of drug-likeness (QED) is 0.596. The molecular weight excluding hydrogens is 262 g/mol. The molecule has 0 amide bonds. The van der Waals surface area contributed by atoms with Gasteiger partial charge in [0.05, 0.1) is 32.8 Å². The second-order valence-corrected chi connectivity index (χ2v) is 6.12. The minimum absolute atomic E-state index is 0.269. The van der Waals surface area contributed by atoms with Gasteiger partial charge in [-0.1, -0.05) is 6.07 Å². The van der Waals surface area contributed by atoms with Crippen LogP contribution in [0.2, 0.25) is 0 Å². The van der Waals surface area contributed by atoms with Gasteiger partial charge in [0.25, 0.3) is 0 Å². The second kappa shape index (κ2) is 7.14. The number of aliphatic hydroxyl groups is 1. The highest BCUT2D eigenvalue weighted by Gasteiger charge is 2.25. The number of fused-ring (bicyclic) bond motifs is 1. The lowest BCUT2D eigenvalue weighted by Gasteiger charge is -2.39. The van der Waals surface area contributed by atoms with Crippen LogP contribution in [0.25, 0.3) is 0 Å². The highest BCUT2D eigenvalue weighted by molar-refractivity contribution is 5.62. The molecule has 1 aromatic rings. The summed E-state index contributed by atoms with van der Waals surface area (Å²) in [5.74, 6) is 0. The summed E-state index contributed by atoms with van der Waals surface area (Å²) in [5.41, 5.74) is 9.55. The minimum Gasteiger partial charge on any atom is -0.399 e. The highest BCUT2D eigenvalue weighted by atomic mass is 16.3. The number of hydrogen-bond donors (Lipinski definition) is 2. The Hall–Kier alpha value is -1.26. The smallest absolute Gasteiger partial charge is 0.102 e. The molecule has 1 aromatic carbocycles. The van der Waals surface area contributed by atoms with E-state index in [1.807, 2.05) is 6.07 Å². The van der Waals surface area contributed by atoms with Gasteiger partial charge in [-0.15, -0.1) is 0 Å². The molecule has 1 aliphatic heterocycles. The molecule has 0 aliphatic carbocycles. The summed E-state index contributed by atoms with van der Waals surface area (Å²) < 4.78 is 0.991. The maximum atomic E-state index is 9.35. The van der Waals surface area contributed by atoms with Crippen LogP contribution in [-0.2, 0) is 6.42 Å². The average Bonchev–Trinajstić information content (AvgIpc) is 2.51. The zero-order chi connectivity index (χ0) is 15.3. The van der Waals surface area contributed by atoms with Gasteiger partial charge < -0.3 is 20.2 Å². The van der Waals surface area contributed by atoms with Crippen LogP contribution >= 0.6 is 0 Å². The Morgan fingerprint density at radius 2 is 2.00 bits per heavy atom.